The largest absolute Gasteiger partial charge is 0.393 e. The molecule has 0 amide bonds. The molecule has 28 heavy (non-hydrogen) atoms. The number of aliphatic hydroxyl groups is 1. The average molecular weight is 404 g/mol. The Morgan fingerprint density at radius 3 is 2.79 bits per heavy atom. The second-order valence-electron chi connectivity index (χ2n) is 6.79. The monoisotopic (exact) mass is 404 g/mol. The van der Waals surface area contributed by atoms with Gasteiger partial charge in [0.25, 0.3) is 0 Å². The van der Waals surface area contributed by atoms with Crippen molar-refractivity contribution < 1.29 is 17.7 Å². The standard InChI is InChI=1S/C17H20N6O4S/c18-28(25,26)27-8-11-6-12(7-13(11)24)21-16-14-17(20-9-19-16)23-15(22-14)10-4-2-1-3-5-10/h1-5,9,11-13,24H,6-8H2,(H2,18,25,26)(H2,19,20,21,22,23)/t11-,12+,13-/m0/s1. The van der Waals surface area contributed by atoms with E-state index in [1.165, 1.54) is 6.33 Å². The fourth-order valence-corrected chi connectivity index (χ4v) is 3.81. The van der Waals surface area contributed by atoms with Crippen molar-refractivity contribution in [3.63, 3.8) is 0 Å². The molecule has 0 spiro atoms. The Bertz CT molecular complexity index is 1070. The van der Waals surface area contributed by atoms with E-state index in [2.05, 4.69) is 29.4 Å². The van der Waals surface area contributed by atoms with Crippen LogP contribution in [0.5, 0.6) is 0 Å². The Hall–Kier alpha value is -2.60. The highest BCUT2D eigenvalue weighted by Gasteiger charge is 2.34. The molecule has 1 aliphatic carbocycles. The number of benzene rings is 1. The maximum Gasteiger partial charge on any atom is 0.333 e. The number of nitrogens with one attached hydrogen (secondary N) is 2. The predicted octanol–water partition coefficient (Wildman–Crippen LogP) is 0.791. The van der Waals surface area contributed by atoms with Gasteiger partial charge in [-0.25, -0.2) is 20.1 Å². The van der Waals surface area contributed by atoms with Gasteiger partial charge in [-0.1, -0.05) is 30.3 Å². The molecule has 2 aromatic heterocycles. The van der Waals surface area contributed by atoms with Gasteiger partial charge in [0.2, 0.25) is 0 Å². The van der Waals surface area contributed by atoms with Crippen molar-refractivity contribution in [2.24, 2.45) is 11.1 Å². The lowest BCUT2D eigenvalue weighted by Crippen LogP contribution is -2.24. The third kappa shape index (κ3) is 4.12. The lowest BCUT2D eigenvalue weighted by Gasteiger charge is -2.13. The van der Waals surface area contributed by atoms with E-state index in [0.29, 0.717) is 35.6 Å². The van der Waals surface area contributed by atoms with Gasteiger partial charge in [0, 0.05) is 17.5 Å². The van der Waals surface area contributed by atoms with Crippen LogP contribution in [0.4, 0.5) is 5.82 Å². The summed E-state index contributed by atoms with van der Waals surface area (Å²) in [6.07, 6.45) is 1.68. The molecule has 0 aliphatic heterocycles. The number of aromatic nitrogens is 4. The van der Waals surface area contributed by atoms with Crippen molar-refractivity contribution in [3.05, 3.63) is 36.7 Å². The van der Waals surface area contributed by atoms with E-state index in [-0.39, 0.29) is 18.6 Å². The van der Waals surface area contributed by atoms with Gasteiger partial charge in [-0.05, 0) is 12.8 Å². The highest BCUT2D eigenvalue weighted by Crippen LogP contribution is 2.30. The first-order valence-electron chi connectivity index (χ1n) is 8.77. The summed E-state index contributed by atoms with van der Waals surface area (Å²) in [6.45, 7) is -0.155. The van der Waals surface area contributed by atoms with Gasteiger partial charge in [0.1, 0.15) is 12.2 Å². The van der Waals surface area contributed by atoms with Gasteiger partial charge < -0.3 is 15.4 Å². The summed E-state index contributed by atoms with van der Waals surface area (Å²) in [4.78, 5) is 16.3. The van der Waals surface area contributed by atoms with Crippen molar-refractivity contribution in [2.45, 2.75) is 25.0 Å². The fraction of sp³-hybridized carbons (Fsp3) is 0.353. The molecule has 0 radical (unpaired) electrons. The Labute approximate surface area is 161 Å². The maximum absolute atomic E-state index is 11.0. The van der Waals surface area contributed by atoms with Crippen molar-refractivity contribution in [3.8, 4) is 11.4 Å². The van der Waals surface area contributed by atoms with E-state index in [0.717, 1.165) is 5.56 Å². The van der Waals surface area contributed by atoms with Crippen LogP contribution in [0.3, 0.4) is 0 Å². The van der Waals surface area contributed by atoms with E-state index in [1.54, 1.807) is 0 Å². The zero-order chi connectivity index (χ0) is 19.7. The highest BCUT2D eigenvalue weighted by atomic mass is 32.2. The third-order valence-electron chi connectivity index (χ3n) is 4.77. The third-order valence-corrected chi connectivity index (χ3v) is 5.24. The van der Waals surface area contributed by atoms with Gasteiger partial charge in [-0.2, -0.15) is 8.42 Å². The quantitative estimate of drug-likeness (QED) is 0.470. The summed E-state index contributed by atoms with van der Waals surface area (Å²) < 4.78 is 26.5. The van der Waals surface area contributed by atoms with Gasteiger partial charge in [0.05, 0.1) is 12.7 Å². The number of imidazole rings is 1. The molecule has 3 atom stereocenters. The molecule has 5 N–H and O–H groups in total. The number of anilines is 1. The van der Waals surface area contributed by atoms with Gasteiger partial charge in [-0.3, -0.25) is 4.18 Å². The summed E-state index contributed by atoms with van der Waals surface area (Å²) in [5, 5.41) is 18.3. The summed E-state index contributed by atoms with van der Waals surface area (Å²) in [5.74, 6) is 0.894. The Morgan fingerprint density at radius 2 is 2.04 bits per heavy atom. The minimum absolute atomic E-state index is 0.112. The number of H-pyrrole nitrogens is 1. The van der Waals surface area contributed by atoms with Gasteiger partial charge >= 0.3 is 10.3 Å². The number of fused-ring (bicyclic) bond motifs is 1. The summed E-state index contributed by atoms with van der Waals surface area (Å²) in [7, 11) is -4.03. The molecular weight excluding hydrogens is 384 g/mol. The van der Waals surface area contributed by atoms with Crippen molar-refractivity contribution >= 4 is 27.3 Å². The first kappa shape index (κ1) is 18.7. The molecule has 2 heterocycles. The SMILES string of the molecule is NS(=O)(=O)OC[C@@H]1C[C@@H](Nc2ncnc3[nH]c(-c4ccccc4)nc23)C[C@@H]1O. The first-order valence-corrected chi connectivity index (χ1v) is 10.2. The number of nitrogens with two attached hydrogens (primary N) is 1. The summed E-state index contributed by atoms with van der Waals surface area (Å²) >= 11 is 0. The average Bonchev–Trinajstić information content (AvgIpc) is 3.24. The van der Waals surface area contributed by atoms with Crippen LogP contribution in [0.25, 0.3) is 22.6 Å². The lowest BCUT2D eigenvalue weighted by molar-refractivity contribution is 0.101. The van der Waals surface area contributed by atoms with Crippen LogP contribution in [-0.2, 0) is 14.5 Å². The molecule has 0 unspecified atom stereocenters. The van der Waals surface area contributed by atoms with Crippen molar-refractivity contribution in [1.29, 1.82) is 0 Å². The lowest BCUT2D eigenvalue weighted by atomic mass is 10.1. The second kappa shape index (κ2) is 7.43. The molecule has 0 bridgehead atoms. The predicted molar refractivity (Wildman–Crippen MR) is 102 cm³/mol. The van der Waals surface area contributed by atoms with E-state index in [9.17, 15) is 13.5 Å². The molecule has 3 aromatic rings. The molecule has 1 aromatic carbocycles. The molecule has 4 rings (SSSR count). The zero-order valence-electron chi connectivity index (χ0n) is 14.8. The van der Waals surface area contributed by atoms with E-state index >= 15 is 0 Å². The topological polar surface area (TPSA) is 156 Å². The molecule has 1 saturated carbocycles. The molecule has 0 saturated heterocycles. The number of aliphatic hydroxyl groups excluding tert-OH is 1. The second-order valence-corrected chi connectivity index (χ2v) is 8.01. The van der Waals surface area contributed by atoms with Crippen LogP contribution in [0, 0.1) is 5.92 Å². The highest BCUT2D eigenvalue weighted by molar-refractivity contribution is 7.84. The number of hydrogen-bond donors (Lipinski definition) is 4. The Morgan fingerprint density at radius 1 is 1.25 bits per heavy atom. The Kier molecular flexibility index (Phi) is 4.98. The number of rotatable bonds is 6. The minimum Gasteiger partial charge on any atom is -0.393 e. The van der Waals surface area contributed by atoms with Gasteiger partial charge in [0.15, 0.2) is 17.0 Å². The van der Waals surface area contributed by atoms with Crippen LogP contribution in [0.15, 0.2) is 36.7 Å². The van der Waals surface area contributed by atoms with Crippen LogP contribution in [-0.4, -0.2) is 52.2 Å². The molecule has 10 nitrogen and oxygen atoms in total. The molecular formula is C17H20N6O4S. The summed E-state index contributed by atoms with van der Waals surface area (Å²) in [6, 6.07) is 9.57. The molecule has 148 valence electrons. The fourth-order valence-electron chi connectivity index (χ4n) is 3.44. The van der Waals surface area contributed by atoms with E-state index in [1.807, 2.05) is 30.3 Å². The van der Waals surface area contributed by atoms with Crippen LogP contribution in [0.2, 0.25) is 0 Å². The van der Waals surface area contributed by atoms with Crippen molar-refractivity contribution in [2.75, 3.05) is 11.9 Å². The number of nitrogens with zero attached hydrogens (tertiary/aromatic N) is 3. The van der Waals surface area contributed by atoms with Crippen LogP contribution >= 0.6 is 0 Å². The van der Waals surface area contributed by atoms with Crippen LogP contribution < -0.4 is 10.5 Å². The molecule has 11 heteroatoms. The number of aromatic amines is 1. The smallest absolute Gasteiger partial charge is 0.333 e. The van der Waals surface area contributed by atoms with Gasteiger partial charge in [-0.15, -0.1) is 0 Å². The van der Waals surface area contributed by atoms with Crippen molar-refractivity contribution in [1.82, 2.24) is 19.9 Å². The maximum atomic E-state index is 11.0. The summed E-state index contributed by atoms with van der Waals surface area (Å²) in [5.41, 5.74) is 2.13. The molecule has 1 fully saturated rings. The minimum atomic E-state index is -4.03. The number of hydrogen-bond acceptors (Lipinski definition) is 8. The first-order chi connectivity index (χ1) is 13.4. The normalized spacial score (nSPS) is 22.6. The van der Waals surface area contributed by atoms with E-state index < -0.39 is 16.4 Å². The van der Waals surface area contributed by atoms with E-state index in [4.69, 9.17) is 5.14 Å². The molecule has 1 aliphatic rings. The van der Waals surface area contributed by atoms with Crippen LogP contribution in [0.1, 0.15) is 12.8 Å². The Balaban J connectivity index is 1.51. The zero-order valence-corrected chi connectivity index (χ0v) is 15.6.